The van der Waals surface area contributed by atoms with Crippen molar-refractivity contribution < 1.29 is 18.0 Å². The molecule has 0 aromatic heterocycles. The molecule has 0 unspecified atom stereocenters. The van der Waals surface area contributed by atoms with Crippen molar-refractivity contribution in [3.63, 3.8) is 0 Å². The number of hydrogen-bond donors (Lipinski definition) is 2. The van der Waals surface area contributed by atoms with Gasteiger partial charge in [-0.3, -0.25) is 4.79 Å². The molecule has 0 aliphatic carbocycles. The number of halogens is 3. The van der Waals surface area contributed by atoms with Crippen LogP contribution in [-0.4, -0.2) is 23.9 Å². The molecule has 0 aliphatic rings. The van der Waals surface area contributed by atoms with Gasteiger partial charge < -0.3 is 11.1 Å². The Morgan fingerprint density at radius 1 is 1.29 bits per heavy atom. The van der Waals surface area contributed by atoms with E-state index >= 15 is 0 Å². The highest BCUT2D eigenvalue weighted by molar-refractivity contribution is 7.99. The van der Waals surface area contributed by atoms with Crippen LogP contribution >= 0.6 is 11.8 Å². The molecule has 0 aliphatic heterocycles. The summed E-state index contributed by atoms with van der Waals surface area (Å²) in [6.45, 7) is 5.46. The highest BCUT2D eigenvalue weighted by Crippen LogP contribution is 2.32. The molecule has 1 aromatic carbocycles. The molecule has 0 spiro atoms. The van der Waals surface area contributed by atoms with Gasteiger partial charge in [0, 0.05) is 4.90 Å². The molecule has 0 fully saturated rings. The third-order valence-corrected chi connectivity index (χ3v) is 3.89. The van der Waals surface area contributed by atoms with E-state index in [1.165, 1.54) is 6.07 Å². The molecule has 3 N–H and O–H groups in total. The number of nitrogens with one attached hydrogen (secondary N) is 1. The summed E-state index contributed by atoms with van der Waals surface area (Å²) in [4.78, 5) is 12.4. The largest absolute Gasteiger partial charge is 0.398 e. The van der Waals surface area contributed by atoms with E-state index in [2.05, 4.69) is 5.32 Å². The summed E-state index contributed by atoms with van der Waals surface area (Å²) in [6, 6.07) is 5.62. The quantitative estimate of drug-likeness (QED) is 0.833. The number of hydrogen-bond acceptors (Lipinski definition) is 3. The first-order valence-electron chi connectivity index (χ1n) is 6.36. The summed E-state index contributed by atoms with van der Waals surface area (Å²) in [5, 5.41) is 2.60. The van der Waals surface area contributed by atoms with E-state index < -0.39 is 29.3 Å². The minimum Gasteiger partial charge on any atom is -0.324 e. The van der Waals surface area contributed by atoms with Gasteiger partial charge in [0.05, 0.1) is 17.5 Å². The number of thioether (sulfide) groups is 1. The van der Waals surface area contributed by atoms with Crippen LogP contribution in [0.5, 0.6) is 0 Å². The van der Waals surface area contributed by atoms with Gasteiger partial charge in [-0.25, -0.2) is 0 Å². The van der Waals surface area contributed by atoms with Crippen LogP contribution < -0.4 is 11.1 Å². The maximum atomic E-state index is 12.3. The minimum absolute atomic E-state index is 0.344. The molecule has 3 nitrogen and oxygen atoms in total. The summed E-state index contributed by atoms with van der Waals surface area (Å²) in [5.74, 6) is -1.42. The Morgan fingerprint density at radius 2 is 1.86 bits per heavy atom. The number of para-hydroxylation sites is 1. The molecule has 0 radical (unpaired) electrons. The Kier molecular flexibility index (Phi) is 5.69. The third kappa shape index (κ3) is 5.97. The first-order chi connectivity index (χ1) is 9.50. The molecule has 0 saturated heterocycles. The average Bonchev–Trinajstić information content (AvgIpc) is 2.34. The van der Waals surface area contributed by atoms with E-state index in [1.807, 2.05) is 20.8 Å². The van der Waals surface area contributed by atoms with Crippen LogP contribution in [0.25, 0.3) is 0 Å². The lowest BCUT2D eigenvalue weighted by molar-refractivity contribution is -0.119. The van der Waals surface area contributed by atoms with Gasteiger partial charge in [-0.2, -0.15) is 13.2 Å². The lowest BCUT2D eigenvalue weighted by Crippen LogP contribution is -2.45. The van der Waals surface area contributed by atoms with Crippen LogP contribution in [0.4, 0.5) is 18.9 Å². The van der Waals surface area contributed by atoms with Gasteiger partial charge in [0.25, 0.3) is 0 Å². The van der Waals surface area contributed by atoms with Gasteiger partial charge >= 0.3 is 6.18 Å². The number of rotatable bonds is 4. The zero-order valence-electron chi connectivity index (χ0n) is 12.1. The number of amides is 1. The summed E-state index contributed by atoms with van der Waals surface area (Å²) >= 11 is 0.635. The number of carbonyl (C=O) groups excluding carboxylic acids is 1. The molecule has 7 heteroatoms. The summed E-state index contributed by atoms with van der Waals surface area (Å²) in [5.41, 5.74) is 5.75. The Balaban J connectivity index is 2.82. The van der Waals surface area contributed by atoms with Crippen LogP contribution in [-0.2, 0) is 4.79 Å². The van der Waals surface area contributed by atoms with Crippen molar-refractivity contribution in [2.45, 2.75) is 37.9 Å². The van der Waals surface area contributed by atoms with Crippen molar-refractivity contribution in [1.29, 1.82) is 0 Å². The lowest BCUT2D eigenvalue weighted by Gasteiger charge is -2.26. The predicted octanol–water partition coefficient (Wildman–Crippen LogP) is 3.65. The molecular weight excluding hydrogens is 301 g/mol. The standard InChI is InChI=1S/C14H19F3N2OS/c1-13(2,3)11(18)12(20)19-9-6-4-5-7-10(9)21-8-14(15,16)17/h4-7,11H,8,18H2,1-3H3,(H,19,20)/t11-/m1/s1. The van der Waals surface area contributed by atoms with Crippen LogP contribution in [0, 0.1) is 5.41 Å². The van der Waals surface area contributed by atoms with Crippen molar-refractivity contribution in [3.8, 4) is 0 Å². The molecule has 1 aromatic rings. The molecule has 1 atom stereocenters. The summed E-state index contributed by atoms with van der Waals surface area (Å²) in [7, 11) is 0. The van der Waals surface area contributed by atoms with Crippen LogP contribution in [0.1, 0.15) is 20.8 Å². The highest BCUT2D eigenvalue weighted by Gasteiger charge is 2.29. The van der Waals surface area contributed by atoms with Crippen molar-refractivity contribution in [3.05, 3.63) is 24.3 Å². The number of alkyl halides is 3. The molecule has 21 heavy (non-hydrogen) atoms. The van der Waals surface area contributed by atoms with Gasteiger partial charge in [-0.15, -0.1) is 11.8 Å². The molecule has 0 saturated carbocycles. The predicted molar refractivity (Wildman–Crippen MR) is 79.3 cm³/mol. The van der Waals surface area contributed by atoms with E-state index in [1.54, 1.807) is 18.2 Å². The molecule has 1 rings (SSSR count). The second-order valence-corrected chi connectivity index (χ2v) is 6.75. The molecule has 0 bridgehead atoms. The van der Waals surface area contributed by atoms with Crippen molar-refractivity contribution in [1.82, 2.24) is 0 Å². The maximum absolute atomic E-state index is 12.3. The number of carbonyl (C=O) groups is 1. The van der Waals surface area contributed by atoms with E-state index in [0.717, 1.165) is 0 Å². The van der Waals surface area contributed by atoms with Crippen LogP contribution in [0.3, 0.4) is 0 Å². The number of anilines is 1. The Hall–Kier alpha value is -1.21. The summed E-state index contributed by atoms with van der Waals surface area (Å²) < 4.78 is 36.9. The lowest BCUT2D eigenvalue weighted by atomic mass is 9.87. The Bertz CT molecular complexity index is 498. The summed E-state index contributed by atoms with van der Waals surface area (Å²) in [6.07, 6.45) is -4.26. The smallest absolute Gasteiger partial charge is 0.324 e. The fourth-order valence-corrected chi connectivity index (χ4v) is 2.23. The van der Waals surface area contributed by atoms with Gasteiger partial charge in [0.2, 0.25) is 5.91 Å². The zero-order valence-corrected chi connectivity index (χ0v) is 12.9. The number of benzene rings is 1. The highest BCUT2D eigenvalue weighted by atomic mass is 32.2. The van der Waals surface area contributed by atoms with E-state index in [0.29, 0.717) is 22.3 Å². The number of nitrogens with two attached hydrogens (primary N) is 1. The molecule has 118 valence electrons. The Morgan fingerprint density at radius 3 is 2.38 bits per heavy atom. The van der Waals surface area contributed by atoms with E-state index in [4.69, 9.17) is 5.73 Å². The third-order valence-electron chi connectivity index (χ3n) is 2.75. The van der Waals surface area contributed by atoms with Crippen LogP contribution in [0.15, 0.2) is 29.2 Å². The van der Waals surface area contributed by atoms with Gasteiger partial charge in [0.1, 0.15) is 0 Å². The second-order valence-electron chi connectivity index (χ2n) is 5.73. The molecule has 1 amide bonds. The maximum Gasteiger partial charge on any atom is 0.398 e. The fraction of sp³-hybridized carbons (Fsp3) is 0.500. The van der Waals surface area contributed by atoms with Crippen molar-refractivity contribution >= 4 is 23.4 Å². The topological polar surface area (TPSA) is 55.1 Å². The second kappa shape index (κ2) is 6.70. The monoisotopic (exact) mass is 320 g/mol. The normalized spacial score (nSPS) is 13.9. The first kappa shape index (κ1) is 17.8. The van der Waals surface area contributed by atoms with E-state index in [9.17, 15) is 18.0 Å². The minimum atomic E-state index is -4.26. The van der Waals surface area contributed by atoms with E-state index in [-0.39, 0.29) is 0 Å². The van der Waals surface area contributed by atoms with Gasteiger partial charge in [0.15, 0.2) is 0 Å². The van der Waals surface area contributed by atoms with Gasteiger partial charge in [-0.05, 0) is 17.5 Å². The van der Waals surface area contributed by atoms with Crippen molar-refractivity contribution in [2.75, 3.05) is 11.1 Å². The van der Waals surface area contributed by atoms with Crippen LogP contribution in [0.2, 0.25) is 0 Å². The average molecular weight is 320 g/mol. The SMILES string of the molecule is CC(C)(C)[C@H](N)C(=O)Nc1ccccc1SCC(F)(F)F. The molecule has 0 heterocycles. The molecular formula is C14H19F3N2OS. The first-order valence-corrected chi connectivity index (χ1v) is 7.34. The fourth-order valence-electron chi connectivity index (χ4n) is 1.46. The van der Waals surface area contributed by atoms with Gasteiger partial charge in [-0.1, -0.05) is 32.9 Å². The van der Waals surface area contributed by atoms with Crippen molar-refractivity contribution in [2.24, 2.45) is 11.1 Å². The zero-order chi connectivity index (χ0) is 16.3. The Labute approximate surface area is 126 Å².